The first kappa shape index (κ1) is 16.5. The third-order valence-corrected chi connectivity index (χ3v) is 5.02. The average Bonchev–Trinajstić information content (AvgIpc) is 2.49. The zero-order chi connectivity index (χ0) is 16.4. The number of hydrogen-bond acceptors (Lipinski definition) is 4. The van der Waals surface area contributed by atoms with Crippen molar-refractivity contribution in [1.82, 2.24) is 0 Å². The third-order valence-electron chi connectivity index (χ3n) is 3.29. The van der Waals surface area contributed by atoms with Crippen LogP contribution in [0.5, 0.6) is 0 Å². The summed E-state index contributed by atoms with van der Waals surface area (Å²) in [6.45, 7) is 0. The fourth-order valence-electron chi connectivity index (χ4n) is 2.34. The summed E-state index contributed by atoms with van der Waals surface area (Å²) in [6, 6.07) is 13.5. The molecule has 2 aromatic rings. The van der Waals surface area contributed by atoms with Crippen LogP contribution < -0.4 is 0 Å². The molecule has 2 aromatic carbocycles. The van der Waals surface area contributed by atoms with Gasteiger partial charge in [0.1, 0.15) is 0 Å². The molecular formula is C15H13ClO5S. The maximum Gasteiger partial charge on any atom is 0.339 e. The molecule has 0 radical (unpaired) electrons. The van der Waals surface area contributed by atoms with Crippen LogP contribution in [0.4, 0.5) is 0 Å². The van der Waals surface area contributed by atoms with E-state index in [0.29, 0.717) is 0 Å². The fraction of sp³-hybridized carbons (Fsp3) is 0.133. The molecule has 0 aliphatic heterocycles. The predicted molar refractivity (Wildman–Crippen MR) is 82.2 cm³/mol. The molecule has 22 heavy (non-hydrogen) atoms. The molecule has 0 heterocycles. The molecule has 0 bridgehead atoms. The lowest BCUT2D eigenvalue weighted by Gasteiger charge is -2.29. The summed E-state index contributed by atoms with van der Waals surface area (Å²) in [4.78, 5) is 12.4. The van der Waals surface area contributed by atoms with Gasteiger partial charge in [0.15, 0.2) is 0 Å². The van der Waals surface area contributed by atoms with Gasteiger partial charge in [-0.05, 0) is 11.6 Å². The van der Waals surface area contributed by atoms with Gasteiger partial charge in [-0.25, -0.2) is 4.79 Å². The van der Waals surface area contributed by atoms with Gasteiger partial charge < -0.3 is 4.74 Å². The highest BCUT2D eigenvalue weighted by Gasteiger charge is 2.55. The van der Waals surface area contributed by atoms with Crippen LogP contribution >= 0.6 is 11.6 Å². The lowest BCUT2D eigenvalue weighted by atomic mass is 9.90. The number of hydrogen-bond donors (Lipinski definition) is 1. The summed E-state index contributed by atoms with van der Waals surface area (Å²) in [5, 5.41) is 0.0226. The van der Waals surface area contributed by atoms with Gasteiger partial charge in [-0.15, -0.1) is 0 Å². The zero-order valence-corrected chi connectivity index (χ0v) is 13.1. The largest absolute Gasteiger partial charge is 0.467 e. The molecule has 7 heteroatoms. The van der Waals surface area contributed by atoms with Crippen molar-refractivity contribution in [1.29, 1.82) is 0 Å². The first-order valence-corrected chi connectivity index (χ1v) is 8.03. The number of halogens is 1. The molecule has 0 saturated carbocycles. The Hall–Kier alpha value is -1.89. The van der Waals surface area contributed by atoms with E-state index in [1.54, 1.807) is 24.3 Å². The molecule has 0 spiro atoms. The summed E-state index contributed by atoms with van der Waals surface area (Å²) < 4.78 is 36.5. The second-order valence-electron chi connectivity index (χ2n) is 4.49. The number of carbonyl (C=O) groups is 1. The Kier molecular flexibility index (Phi) is 4.55. The van der Waals surface area contributed by atoms with E-state index in [9.17, 15) is 17.8 Å². The van der Waals surface area contributed by atoms with Crippen molar-refractivity contribution in [3.8, 4) is 0 Å². The maximum atomic E-state index is 12.4. The van der Waals surface area contributed by atoms with E-state index in [0.717, 1.165) is 7.11 Å². The standard InChI is InChI=1S/C15H13ClO5S/c1-21-14(17)15(22(18,19)20,11-7-3-2-4-8-11)12-9-5-6-10-13(12)16/h2-10H,1H3,(H,18,19,20). The zero-order valence-electron chi connectivity index (χ0n) is 11.6. The molecule has 0 fully saturated rings. The molecule has 0 aromatic heterocycles. The topological polar surface area (TPSA) is 80.7 Å². The van der Waals surface area contributed by atoms with Crippen molar-refractivity contribution in [2.24, 2.45) is 0 Å². The van der Waals surface area contributed by atoms with Crippen LogP contribution in [-0.2, 0) is 24.4 Å². The van der Waals surface area contributed by atoms with E-state index >= 15 is 0 Å². The van der Waals surface area contributed by atoms with Gasteiger partial charge in [0, 0.05) is 10.6 Å². The van der Waals surface area contributed by atoms with Gasteiger partial charge in [-0.2, -0.15) is 8.42 Å². The molecule has 2 rings (SSSR count). The van der Waals surface area contributed by atoms with Gasteiger partial charge in [-0.3, -0.25) is 4.55 Å². The van der Waals surface area contributed by atoms with Crippen LogP contribution in [0.15, 0.2) is 54.6 Å². The van der Waals surface area contributed by atoms with E-state index in [2.05, 4.69) is 4.74 Å². The molecule has 0 aliphatic carbocycles. The Bertz CT molecular complexity index is 789. The molecule has 1 unspecified atom stereocenters. The van der Waals surface area contributed by atoms with Crippen molar-refractivity contribution >= 4 is 27.7 Å². The van der Waals surface area contributed by atoms with Gasteiger partial charge in [0.05, 0.1) is 7.11 Å². The van der Waals surface area contributed by atoms with Gasteiger partial charge in [0.25, 0.3) is 10.1 Å². The highest BCUT2D eigenvalue weighted by molar-refractivity contribution is 7.87. The molecule has 0 amide bonds. The normalized spacial score (nSPS) is 14.1. The van der Waals surface area contributed by atoms with E-state index in [-0.39, 0.29) is 16.1 Å². The molecular weight excluding hydrogens is 328 g/mol. The SMILES string of the molecule is COC(=O)C(c1ccccc1)(c1ccccc1Cl)S(=O)(=O)O. The lowest BCUT2D eigenvalue weighted by molar-refractivity contribution is -0.143. The quantitative estimate of drug-likeness (QED) is 0.683. The molecule has 1 atom stereocenters. The minimum Gasteiger partial charge on any atom is -0.467 e. The van der Waals surface area contributed by atoms with E-state index in [4.69, 9.17) is 11.6 Å². The highest BCUT2D eigenvalue weighted by atomic mass is 35.5. The van der Waals surface area contributed by atoms with E-state index < -0.39 is 20.8 Å². The number of ether oxygens (including phenoxy) is 1. The second kappa shape index (κ2) is 6.08. The Morgan fingerprint density at radius 1 is 1.09 bits per heavy atom. The van der Waals surface area contributed by atoms with Crippen molar-refractivity contribution in [3.05, 3.63) is 70.7 Å². The molecule has 5 nitrogen and oxygen atoms in total. The Morgan fingerprint density at radius 3 is 2.14 bits per heavy atom. The van der Waals surface area contributed by atoms with Crippen LogP contribution in [0.1, 0.15) is 11.1 Å². The van der Waals surface area contributed by atoms with E-state index in [1.807, 2.05) is 0 Å². The minimum absolute atomic E-state index is 0.0226. The number of rotatable bonds is 4. The number of esters is 1. The molecule has 116 valence electrons. The minimum atomic E-state index is -4.93. The van der Waals surface area contributed by atoms with Crippen LogP contribution in [0.25, 0.3) is 0 Å². The van der Waals surface area contributed by atoms with Crippen molar-refractivity contribution < 1.29 is 22.5 Å². The number of carbonyl (C=O) groups excluding carboxylic acids is 1. The summed E-state index contributed by atoms with van der Waals surface area (Å²) in [6.07, 6.45) is 0. The molecule has 1 N–H and O–H groups in total. The Labute approximate surface area is 133 Å². The van der Waals surface area contributed by atoms with Crippen LogP contribution in [-0.4, -0.2) is 26.0 Å². The summed E-state index contributed by atoms with van der Waals surface area (Å²) in [5.74, 6) is -1.14. The maximum absolute atomic E-state index is 12.4. The highest BCUT2D eigenvalue weighted by Crippen LogP contribution is 2.41. The Morgan fingerprint density at radius 2 is 1.64 bits per heavy atom. The predicted octanol–water partition coefficient (Wildman–Crippen LogP) is 2.64. The van der Waals surface area contributed by atoms with Crippen molar-refractivity contribution in [2.45, 2.75) is 4.75 Å². The van der Waals surface area contributed by atoms with Crippen LogP contribution in [0, 0.1) is 0 Å². The third kappa shape index (κ3) is 2.49. The van der Waals surface area contributed by atoms with Gasteiger partial charge >= 0.3 is 5.97 Å². The smallest absolute Gasteiger partial charge is 0.339 e. The van der Waals surface area contributed by atoms with Gasteiger partial charge in [0.2, 0.25) is 4.75 Å². The van der Waals surface area contributed by atoms with Crippen molar-refractivity contribution in [3.63, 3.8) is 0 Å². The summed E-state index contributed by atoms with van der Waals surface area (Å²) >= 11 is 6.08. The average molecular weight is 341 g/mol. The monoisotopic (exact) mass is 340 g/mol. The number of methoxy groups -OCH3 is 1. The summed E-state index contributed by atoms with van der Waals surface area (Å²) in [7, 11) is -3.88. The molecule has 0 aliphatic rings. The second-order valence-corrected chi connectivity index (χ2v) is 6.46. The Balaban J connectivity index is 2.97. The van der Waals surface area contributed by atoms with Crippen LogP contribution in [0.2, 0.25) is 5.02 Å². The first-order chi connectivity index (χ1) is 10.4. The molecule has 0 saturated heterocycles. The first-order valence-electron chi connectivity index (χ1n) is 6.21. The van der Waals surface area contributed by atoms with Gasteiger partial charge in [-0.1, -0.05) is 60.1 Å². The van der Waals surface area contributed by atoms with Crippen LogP contribution in [0.3, 0.4) is 0 Å². The number of benzene rings is 2. The fourth-order valence-corrected chi connectivity index (χ4v) is 3.86. The summed E-state index contributed by atoms with van der Waals surface area (Å²) in [5.41, 5.74) is -0.0327. The lowest BCUT2D eigenvalue weighted by Crippen LogP contribution is -2.45. The van der Waals surface area contributed by atoms with Crippen molar-refractivity contribution in [2.75, 3.05) is 7.11 Å². The van der Waals surface area contributed by atoms with E-state index in [1.165, 1.54) is 30.3 Å².